The topological polar surface area (TPSA) is 109 Å². The van der Waals surface area contributed by atoms with Crippen molar-refractivity contribution in [1.29, 1.82) is 0 Å². The Bertz CT molecular complexity index is 1330. The first-order valence-electron chi connectivity index (χ1n) is 9.58. The third-order valence-electron chi connectivity index (χ3n) is 4.59. The Balaban J connectivity index is 2.04. The summed E-state index contributed by atoms with van der Waals surface area (Å²) >= 11 is 0. The van der Waals surface area contributed by atoms with Crippen LogP contribution in [-0.4, -0.2) is 28.6 Å². The molecule has 0 spiro atoms. The van der Waals surface area contributed by atoms with Crippen LogP contribution in [-0.2, 0) is 29.6 Å². The van der Waals surface area contributed by atoms with Crippen molar-refractivity contribution in [3.63, 3.8) is 0 Å². The van der Waals surface area contributed by atoms with Crippen molar-refractivity contribution in [1.82, 2.24) is 0 Å². The molecular formula is C22H18F2N2O6S2. The van der Waals surface area contributed by atoms with E-state index in [0.29, 0.717) is 8.61 Å². The maximum Gasteiger partial charge on any atom is 0.270 e. The van der Waals surface area contributed by atoms with Gasteiger partial charge >= 0.3 is 0 Å². The Morgan fingerprint density at radius 1 is 0.559 bits per heavy atom. The van der Waals surface area contributed by atoms with Gasteiger partial charge in [0, 0.05) is 13.8 Å². The van der Waals surface area contributed by atoms with Gasteiger partial charge in [0.15, 0.2) is 0 Å². The van der Waals surface area contributed by atoms with Gasteiger partial charge in [0.1, 0.15) is 11.6 Å². The second kappa shape index (κ2) is 9.31. The molecule has 3 aromatic carbocycles. The van der Waals surface area contributed by atoms with E-state index in [1.807, 2.05) is 0 Å². The number of anilines is 2. The average Bonchev–Trinajstić information content (AvgIpc) is 2.75. The SMILES string of the molecule is CC(=O)N(c1ccc(N(C(C)=O)S(=O)(=O)c2ccc(F)cc2)cc1)S(=O)(=O)c1ccc(F)cc1. The van der Waals surface area contributed by atoms with Crippen molar-refractivity contribution in [3.8, 4) is 0 Å². The van der Waals surface area contributed by atoms with Gasteiger partial charge in [-0.25, -0.2) is 34.2 Å². The molecule has 0 atom stereocenters. The molecule has 8 nitrogen and oxygen atoms in total. The third kappa shape index (κ3) is 4.82. The zero-order valence-corrected chi connectivity index (χ0v) is 19.5. The molecule has 0 aliphatic rings. The Kier molecular flexibility index (Phi) is 6.84. The summed E-state index contributed by atoms with van der Waals surface area (Å²) in [5.74, 6) is -3.08. The fraction of sp³-hybridized carbons (Fsp3) is 0.0909. The molecule has 0 aliphatic carbocycles. The van der Waals surface area contributed by atoms with Crippen LogP contribution in [0.15, 0.2) is 82.6 Å². The van der Waals surface area contributed by atoms with E-state index in [9.17, 15) is 35.2 Å². The molecule has 2 amide bonds. The van der Waals surface area contributed by atoms with Gasteiger partial charge in [-0.2, -0.15) is 0 Å². The molecular weight excluding hydrogens is 490 g/mol. The average molecular weight is 509 g/mol. The van der Waals surface area contributed by atoms with Crippen LogP contribution in [0, 0.1) is 11.6 Å². The molecule has 0 aliphatic heterocycles. The van der Waals surface area contributed by atoms with E-state index in [1.165, 1.54) is 0 Å². The summed E-state index contributed by atoms with van der Waals surface area (Å²) in [6, 6.07) is 12.3. The Labute approximate surface area is 195 Å². The first-order chi connectivity index (χ1) is 15.9. The highest BCUT2D eigenvalue weighted by Crippen LogP contribution is 2.29. The zero-order chi connectivity index (χ0) is 25.3. The summed E-state index contributed by atoms with van der Waals surface area (Å²) in [5, 5.41) is 0. The molecule has 3 rings (SSSR count). The fourth-order valence-corrected chi connectivity index (χ4v) is 5.98. The van der Waals surface area contributed by atoms with Crippen LogP contribution in [0.3, 0.4) is 0 Å². The highest BCUT2D eigenvalue weighted by Gasteiger charge is 2.31. The molecule has 34 heavy (non-hydrogen) atoms. The standard InChI is InChI=1S/C22H18F2N2O6S2/c1-15(27)25(33(29,30)21-11-3-17(23)4-12-21)19-7-9-20(10-8-19)26(16(2)28)34(31,32)22-13-5-18(24)6-14-22/h3-14H,1-2H3. The quantitative estimate of drug-likeness (QED) is 0.505. The number of halogens is 2. The number of hydrogen-bond acceptors (Lipinski definition) is 6. The van der Waals surface area contributed by atoms with Crippen LogP contribution in [0.1, 0.15) is 13.8 Å². The van der Waals surface area contributed by atoms with Crippen molar-refractivity contribution < 1.29 is 35.2 Å². The number of rotatable bonds is 6. The van der Waals surface area contributed by atoms with Crippen LogP contribution in [0.25, 0.3) is 0 Å². The van der Waals surface area contributed by atoms with Crippen molar-refractivity contribution in [3.05, 3.63) is 84.4 Å². The van der Waals surface area contributed by atoms with E-state index in [-0.39, 0.29) is 21.2 Å². The highest BCUT2D eigenvalue weighted by atomic mass is 32.2. The van der Waals surface area contributed by atoms with E-state index in [4.69, 9.17) is 0 Å². The maximum absolute atomic E-state index is 13.2. The molecule has 0 unspecified atom stereocenters. The first-order valence-corrected chi connectivity index (χ1v) is 12.5. The van der Waals surface area contributed by atoms with Crippen LogP contribution < -0.4 is 8.61 Å². The van der Waals surface area contributed by atoms with E-state index >= 15 is 0 Å². The lowest BCUT2D eigenvalue weighted by molar-refractivity contribution is -0.116. The minimum atomic E-state index is -4.41. The number of nitrogens with zero attached hydrogens (tertiary/aromatic N) is 2. The summed E-state index contributed by atoms with van der Waals surface area (Å²) in [5.41, 5.74) is -0.272. The Hall–Kier alpha value is -3.64. The van der Waals surface area contributed by atoms with Gasteiger partial charge in [0.05, 0.1) is 21.2 Å². The van der Waals surface area contributed by atoms with Crippen molar-refractivity contribution in [2.45, 2.75) is 23.6 Å². The Morgan fingerprint density at radius 2 is 0.824 bits per heavy atom. The highest BCUT2D eigenvalue weighted by molar-refractivity contribution is 7.94. The number of benzene rings is 3. The normalized spacial score (nSPS) is 11.6. The summed E-state index contributed by atoms with van der Waals surface area (Å²) in [6.45, 7) is 2.02. The zero-order valence-electron chi connectivity index (χ0n) is 17.8. The van der Waals surface area contributed by atoms with E-state index in [1.54, 1.807) is 0 Å². The van der Waals surface area contributed by atoms with Crippen LogP contribution in [0.5, 0.6) is 0 Å². The van der Waals surface area contributed by atoms with Crippen LogP contribution in [0.4, 0.5) is 20.2 Å². The molecule has 0 fully saturated rings. The predicted molar refractivity (Wildman–Crippen MR) is 120 cm³/mol. The molecule has 0 radical (unpaired) electrons. The van der Waals surface area contributed by atoms with Gasteiger partial charge in [-0.1, -0.05) is 0 Å². The van der Waals surface area contributed by atoms with E-state index < -0.39 is 43.5 Å². The Morgan fingerprint density at radius 3 is 1.06 bits per heavy atom. The molecule has 0 saturated heterocycles. The molecule has 0 heterocycles. The van der Waals surface area contributed by atoms with Crippen molar-refractivity contribution in [2.75, 3.05) is 8.61 Å². The van der Waals surface area contributed by atoms with Crippen molar-refractivity contribution >= 4 is 43.2 Å². The molecule has 0 aromatic heterocycles. The predicted octanol–water partition coefficient (Wildman–Crippen LogP) is 3.45. The van der Waals surface area contributed by atoms with Gasteiger partial charge in [0.25, 0.3) is 20.0 Å². The summed E-state index contributed by atoms with van der Waals surface area (Å²) in [6.07, 6.45) is 0. The molecule has 0 saturated carbocycles. The minimum absolute atomic E-state index is 0.136. The van der Waals surface area contributed by atoms with E-state index in [2.05, 4.69) is 0 Å². The molecule has 178 valence electrons. The molecule has 3 aromatic rings. The summed E-state index contributed by atoms with van der Waals surface area (Å²) < 4.78 is 79.3. The summed E-state index contributed by atoms with van der Waals surface area (Å²) in [7, 11) is -8.82. The smallest absolute Gasteiger partial charge is 0.270 e. The summed E-state index contributed by atoms with van der Waals surface area (Å²) in [4.78, 5) is 23.8. The lowest BCUT2D eigenvalue weighted by Gasteiger charge is -2.24. The lowest BCUT2D eigenvalue weighted by Crippen LogP contribution is -2.36. The number of hydrogen-bond donors (Lipinski definition) is 0. The minimum Gasteiger partial charge on any atom is -0.274 e. The van der Waals surface area contributed by atoms with Gasteiger partial charge < -0.3 is 0 Å². The van der Waals surface area contributed by atoms with Crippen LogP contribution in [0.2, 0.25) is 0 Å². The maximum atomic E-state index is 13.2. The number of sulfonamides is 2. The monoisotopic (exact) mass is 508 g/mol. The van der Waals surface area contributed by atoms with Crippen molar-refractivity contribution in [2.24, 2.45) is 0 Å². The van der Waals surface area contributed by atoms with Gasteiger partial charge in [0.2, 0.25) is 11.8 Å². The fourth-order valence-electron chi connectivity index (χ4n) is 3.13. The largest absolute Gasteiger partial charge is 0.274 e. The lowest BCUT2D eigenvalue weighted by atomic mass is 10.2. The van der Waals surface area contributed by atoms with E-state index in [0.717, 1.165) is 86.6 Å². The molecule has 0 N–H and O–H groups in total. The number of carbonyl (C=O) groups excluding carboxylic acids is 2. The van der Waals surface area contributed by atoms with Gasteiger partial charge in [-0.15, -0.1) is 0 Å². The molecule has 12 heteroatoms. The molecule has 0 bridgehead atoms. The third-order valence-corrected chi connectivity index (χ3v) is 8.23. The second-order valence-electron chi connectivity index (χ2n) is 7.00. The van der Waals surface area contributed by atoms with Crippen LogP contribution >= 0.6 is 0 Å². The van der Waals surface area contributed by atoms with Gasteiger partial charge in [-0.05, 0) is 72.8 Å². The van der Waals surface area contributed by atoms with Gasteiger partial charge in [-0.3, -0.25) is 9.59 Å². The second-order valence-corrected chi connectivity index (χ2v) is 10.6. The number of amides is 2. The number of carbonyl (C=O) groups is 2. The first kappa shape index (κ1) is 25.0.